The normalized spacial score (nSPS) is 20.5. The van der Waals surface area contributed by atoms with Crippen LogP contribution in [0, 0.1) is 0 Å². The van der Waals surface area contributed by atoms with Crippen LogP contribution in [0.5, 0.6) is 0 Å². The number of hydrogen-bond acceptors (Lipinski definition) is 6. The number of hydrogen-bond donors (Lipinski definition) is 1. The molecule has 1 aromatic rings. The Morgan fingerprint density at radius 2 is 2.04 bits per heavy atom. The third-order valence-corrected chi connectivity index (χ3v) is 4.04. The molecule has 0 saturated carbocycles. The van der Waals surface area contributed by atoms with Crippen LogP contribution >= 0.6 is 12.2 Å². The number of nitrogens with one attached hydrogen (secondary N) is 1. The van der Waals surface area contributed by atoms with Gasteiger partial charge in [0.2, 0.25) is 0 Å². The highest BCUT2D eigenvalue weighted by Crippen LogP contribution is 2.22. The summed E-state index contributed by atoms with van der Waals surface area (Å²) in [6.07, 6.45) is 2.97. The van der Waals surface area contributed by atoms with Crippen LogP contribution in [-0.2, 0) is 14.3 Å². The van der Waals surface area contributed by atoms with Gasteiger partial charge >= 0.3 is 0 Å². The lowest BCUT2D eigenvalue weighted by molar-refractivity contribution is -0.128. The maximum atomic E-state index is 12.4. The summed E-state index contributed by atoms with van der Waals surface area (Å²) in [4.78, 5) is 27.8. The fourth-order valence-electron chi connectivity index (χ4n) is 2.50. The molecule has 2 saturated heterocycles. The average Bonchev–Trinajstić information content (AvgIpc) is 3.05. The molecule has 2 fully saturated rings. The van der Waals surface area contributed by atoms with Gasteiger partial charge in [0.25, 0.3) is 11.8 Å². The smallest absolute Gasteiger partial charge is 0.266 e. The monoisotopic (exact) mass is 347 g/mol. The summed E-state index contributed by atoms with van der Waals surface area (Å²) in [5.41, 5.74) is -0.0201. The molecule has 0 atom stereocenters. The Morgan fingerprint density at radius 1 is 1.29 bits per heavy atom. The van der Waals surface area contributed by atoms with Crippen molar-refractivity contribution in [2.24, 2.45) is 0 Å². The first-order valence-electron chi connectivity index (χ1n) is 7.52. The molecule has 0 aromatic carbocycles. The molecular formula is C16H17N3O4S. The van der Waals surface area contributed by atoms with Crippen molar-refractivity contribution in [1.82, 2.24) is 10.2 Å². The molecule has 0 radical (unpaired) electrons. The molecule has 0 aliphatic carbocycles. The third-order valence-electron chi connectivity index (χ3n) is 3.72. The quantitative estimate of drug-likeness (QED) is 0.378. The second kappa shape index (κ2) is 6.98. The molecule has 7 nitrogen and oxygen atoms in total. The molecule has 3 heterocycles. The molecule has 0 bridgehead atoms. The number of nitrogens with zero attached hydrogens (tertiary/aromatic N) is 2. The van der Waals surface area contributed by atoms with Crippen LogP contribution in [-0.4, -0.2) is 54.7 Å². The Kier molecular flexibility index (Phi) is 4.77. The molecule has 1 aromatic heterocycles. The SMILES string of the molecule is C=CCN1C(=O)/C(=C/c2ccc(N3CCOCC3)o2)C(=O)NC1=S. The first-order chi connectivity index (χ1) is 11.6. The van der Waals surface area contributed by atoms with Crippen LogP contribution < -0.4 is 10.2 Å². The minimum atomic E-state index is -0.533. The van der Waals surface area contributed by atoms with E-state index in [4.69, 9.17) is 21.4 Å². The zero-order valence-electron chi connectivity index (χ0n) is 13.0. The van der Waals surface area contributed by atoms with Gasteiger partial charge < -0.3 is 14.1 Å². The van der Waals surface area contributed by atoms with E-state index in [0.717, 1.165) is 13.1 Å². The highest BCUT2D eigenvalue weighted by atomic mass is 32.1. The van der Waals surface area contributed by atoms with Gasteiger partial charge in [0.1, 0.15) is 11.3 Å². The molecule has 2 amide bonds. The van der Waals surface area contributed by atoms with E-state index < -0.39 is 11.8 Å². The summed E-state index contributed by atoms with van der Waals surface area (Å²) in [5, 5.41) is 2.58. The van der Waals surface area contributed by atoms with Gasteiger partial charge in [-0.25, -0.2) is 0 Å². The van der Waals surface area contributed by atoms with E-state index in [1.165, 1.54) is 11.0 Å². The van der Waals surface area contributed by atoms with E-state index >= 15 is 0 Å². The summed E-state index contributed by atoms with van der Waals surface area (Å²) in [5.74, 6) is 0.122. The summed E-state index contributed by atoms with van der Waals surface area (Å²) in [6.45, 7) is 6.59. The van der Waals surface area contributed by atoms with E-state index in [0.29, 0.717) is 24.9 Å². The first kappa shape index (κ1) is 16.4. The number of thiocarbonyl (C=S) groups is 1. The zero-order chi connectivity index (χ0) is 17.1. The molecule has 3 rings (SSSR count). The number of rotatable bonds is 4. The van der Waals surface area contributed by atoms with Crippen molar-refractivity contribution in [2.75, 3.05) is 37.7 Å². The topological polar surface area (TPSA) is 75.0 Å². The van der Waals surface area contributed by atoms with Gasteiger partial charge in [-0.3, -0.25) is 19.8 Å². The minimum Gasteiger partial charge on any atom is -0.441 e. The Morgan fingerprint density at radius 3 is 2.75 bits per heavy atom. The molecule has 24 heavy (non-hydrogen) atoms. The molecule has 2 aliphatic rings. The van der Waals surface area contributed by atoms with Crippen molar-refractivity contribution in [3.8, 4) is 0 Å². The van der Waals surface area contributed by atoms with Gasteiger partial charge in [-0.15, -0.1) is 6.58 Å². The highest BCUT2D eigenvalue weighted by molar-refractivity contribution is 7.80. The average molecular weight is 347 g/mol. The Balaban J connectivity index is 1.82. The summed E-state index contributed by atoms with van der Waals surface area (Å²) in [7, 11) is 0. The lowest BCUT2D eigenvalue weighted by atomic mass is 10.1. The predicted octanol–water partition coefficient (Wildman–Crippen LogP) is 0.929. The van der Waals surface area contributed by atoms with Gasteiger partial charge in [0, 0.05) is 25.7 Å². The van der Waals surface area contributed by atoms with E-state index in [1.54, 1.807) is 12.1 Å². The van der Waals surface area contributed by atoms with E-state index in [1.807, 2.05) is 11.0 Å². The fourth-order valence-corrected chi connectivity index (χ4v) is 2.75. The summed E-state index contributed by atoms with van der Waals surface area (Å²) >= 11 is 5.01. The second-order valence-corrected chi connectivity index (χ2v) is 5.68. The Bertz CT molecular complexity index is 719. The number of carbonyl (C=O) groups is 2. The van der Waals surface area contributed by atoms with E-state index in [-0.39, 0.29) is 17.2 Å². The number of carbonyl (C=O) groups excluding carboxylic acids is 2. The number of morpholine rings is 1. The van der Waals surface area contributed by atoms with E-state index in [9.17, 15) is 9.59 Å². The molecular weight excluding hydrogens is 330 g/mol. The lowest BCUT2D eigenvalue weighted by Crippen LogP contribution is -2.53. The zero-order valence-corrected chi connectivity index (χ0v) is 13.8. The first-order valence-corrected chi connectivity index (χ1v) is 7.93. The van der Waals surface area contributed by atoms with Crippen LogP contribution in [0.3, 0.4) is 0 Å². The van der Waals surface area contributed by atoms with Gasteiger partial charge in [-0.2, -0.15) is 0 Å². The van der Waals surface area contributed by atoms with Gasteiger partial charge in [-0.1, -0.05) is 6.08 Å². The van der Waals surface area contributed by atoms with E-state index in [2.05, 4.69) is 11.9 Å². The van der Waals surface area contributed by atoms with Gasteiger partial charge in [-0.05, 0) is 24.4 Å². The van der Waals surface area contributed by atoms with Crippen LogP contribution in [0.4, 0.5) is 5.88 Å². The standard InChI is InChI=1S/C16H17N3O4S/c1-2-5-19-15(21)12(14(20)17-16(19)24)10-11-3-4-13(23-11)18-6-8-22-9-7-18/h2-4,10H,1,5-9H2,(H,17,20,24)/b12-10+. The lowest BCUT2D eigenvalue weighted by Gasteiger charge is -2.27. The molecule has 0 spiro atoms. The van der Waals surface area contributed by atoms with Gasteiger partial charge in [0.15, 0.2) is 11.0 Å². The largest absolute Gasteiger partial charge is 0.441 e. The van der Waals surface area contributed by atoms with Crippen molar-refractivity contribution in [2.45, 2.75) is 0 Å². The fraction of sp³-hybridized carbons (Fsp3) is 0.312. The van der Waals surface area contributed by atoms with Crippen LogP contribution in [0.1, 0.15) is 5.76 Å². The summed E-state index contributed by atoms with van der Waals surface area (Å²) in [6, 6.07) is 3.54. The maximum Gasteiger partial charge on any atom is 0.266 e. The minimum absolute atomic E-state index is 0.0201. The van der Waals surface area contributed by atoms with Crippen molar-refractivity contribution in [3.63, 3.8) is 0 Å². The summed E-state index contributed by atoms with van der Waals surface area (Å²) < 4.78 is 11.0. The predicted molar refractivity (Wildman–Crippen MR) is 92.4 cm³/mol. The highest BCUT2D eigenvalue weighted by Gasteiger charge is 2.32. The number of amides is 2. The van der Waals surface area contributed by atoms with Crippen molar-refractivity contribution in [3.05, 3.63) is 36.1 Å². The Labute approximate surface area is 144 Å². The number of ether oxygens (including phenoxy) is 1. The molecule has 126 valence electrons. The number of anilines is 1. The molecule has 2 aliphatic heterocycles. The number of furan rings is 1. The van der Waals surface area contributed by atoms with Crippen molar-refractivity contribution < 1.29 is 18.7 Å². The molecule has 0 unspecified atom stereocenters. The third kappa shape index (κ3) is 3.24. The van der Waals surface area contributed by atoms with Crippen LogP contribution in [0.15, 0.2) is 34.8 Å². The Hall–Kier alpha value is -2.45. The van der Waals surface area contributed by atoms with Gasteiger partial charge in [0.05, 0.1) is 13.2 Å². The van der Waals surface area contributed by atoms with Crippen LogP contribution in [0.2, 0.25) is 0 Å². The van der Waals surface area contributed by atoms with Crippen molar-refractivity contribution >= 4 is 41.1 Å². The molecule has 1 N–H and O–H groups in total. The molecule has 8 heteroatoms. The second-order valence-electron chi connectivity index (χ2n) is 5.30. The van der Waals surface area contributed by atoms with Crippen molar-refractivity contribution in [1.29, 1.82) is 0 Å². The maximum absolute atomic E-state index is 12.4. The van der Waals surface area contributed by atoms with Crippen LogP contribution in [0.25, 0.3) is 6.08 Å².